The Bertz CT molecular complexity index is 953. The highest BCUT2D eigenvalue weighted by molar-refractivity contribution is 6.30. The third-order valence-corrected chi connectivity index (χ3v) is 8.23. The number of ether oxygens (including phenoxy) is 1. The number of benzene rings is 2. The highest BCUT2D eigenvalue weighted by Crippen LogP contribution is 2.41. The van der Waals surface area contributed by atoms with Crippen molar-refractivity contribution in [2.75, 3.05) is 26.2 Å². The number of para-hydroxylation sites is 1. The first-order valence-corrected chi connectivity index (χ1v) is 13.0. The Kier molecular flexibility index (Phi) is 6.94. The molecule has 0 saturated carbocycles. The molecule has 0 unspecified atom stereocenters. The summed E-state index contributed by atoms with van der Waals surface area (Å²) in [5, 5.41) is 0.780. The van der Waals surface area contributed by atoms with Gasteiger partial charge in [-0.15, -0.1) is 0 Å². The van der Waals surface area contributed by atoms with Crippen LogP contribution in [0.1, 0.15) is 56.1 Å². The summed E-state index contributed by atoms with van der Waals surface area (Å²) in [5.74, 6) is 1.40. The molecule has 0 N–H and O–H groups in total. The fraction of sp³-hybridized carbons (Fsp3) is 0.536. The molecule has 2 saturated heterocycles. The molecular formula is C28H35ClN2O2. The van der Waals surface area contributed by atoms with Gasteiger partial charge < -0.3 is 9.64 Å². The predicted octanol–water partition coefficient (Wildman–Crippen LogP) is 5.72. The number of likely N-dealkylation sites (tertiary alicyclic amines) is 1. The smallest absolute Gasteiger partial charge is 0.229 e. The summed E-state index contributed by atoms with van der Waals surface area (Å²) in [6.07, 6.45) is 8.28. The highest BCUT2D eigenvalue weighted by atomic mass is 35.5. The van der Waals surface area contributed by atoms with Crippen LogP contribution >= 0.6 is 11.6 Å². The van der Waals surface area contributed by atoms with Gasteiger partial charge in [0, 0.05) is 18.1 Å². The lowest BCUT2D eigenvalue weighted by atomic mass is 9.73. The Morgan fingerprint density at radius 3 is 2.55 bits per heavy atom. The van der Waals surface area contributed by atoms with Crippen molar-refractivity contribution in [3.05, 3.63) is 64.7 Å². The fourth-order valence-corrected chi connectivity index (χ4v) is 6.08. The Labute approximate surface area is 202 Å². The van der Waals surface area contributed by atoms with E-state index in [1.807, 2.05) is 12.1 Å². The van der Waals surface area contributed by atoms with Gasteiger partial charge in [0.15, 0.2) is 0 Å². The lowest BCUT2D eigenvalue weighted by Gasteiger charge is -2.44. The van der Waals surface area contributed by atoms with E-state index in [1.165, 1.54) is 11.1 Å². The van der Waals surface area contributed by atoms with E-state index in [9.17, 15) is 4.79 Å². The SMILES string of the molecule is O=C1N2CCC[C@@H]2COc2ccccc2CCCCC12CCN(Cc1ccc(Cl)cc1)CC2. The van der Waals surface area contributed by atoms with E-state index in [-0.39, 0.29) is 11.5 Å². The zero-order valence-electron chi connectivity index (χ0n) is 19.5. The van der Waals surface area contributed by atoms with Gasteiger partial charge in [-0.25, -0.2) is 0 Å². The van der Waals surface area contributed by atoms with E-state index in [4.69, 9.17) is 16.3 Å². The Morgan fingerprint density at radius 2 is 1.73 bits per heavy atom. The fourth-order valence-electron chi connectivity index (χ4n) is 5.95. The molecule has 4 nitrogen and oxygen atoms in total. The van der Waals surface area contributed by atoms with Crippen molar-refractivity contribution in [1.82, 2.24) is 9.80 Å². The summed E-state index contributed by atoms with van der Waals surface area (Å²) in [7, 11) is 0. The molecule has 1 amide bonds. The van der Waals surface area contributed by atoms with Crippen molar-refractivity contribution >= 4 is 17.5 Å². The molecule has 176 valence electrons. The van der Waals surface area contributed by atoms with Crippen LogP contribution in [0.2, 0.25) is 5.02 Å². The number of carbonyl (C=O) groups is 1. The Balaban J connectivity index is 1.31. The molecule has 2 aromatic carbocycles. The van der Waals surface area contributed by atoms with Crippen molar-refractivity contribution in [1.29, 1.82) is 0 Å². The van der Waals surface area contributed by atoms with Crippen LogP contribution in [0, 0.1) is 5.41 Å². The summed E-state index contributed by atoms with van der Waals surface area (Å²) in [5.41, 5.74) is 2.38. The zero-order valence-corrected chi connectivity index (χ0v) is 20.2. The van der Waals surface area contributed by atoms with Gasteiger partial charge in [0.25, 0.3) is 0 Å². The standard InChI is InChI=1S/C28H35ClN2O2/c29-24-12-10-22(11-13-24)20-30-18-15-28(16-19-30)14-4-3-7-23-6-1-2-9-26(23)33-21-25-8-5-17-31(25)27(28)32/h1-2,6,9-13,25H,3-5,7-8,14-21H2/t25-/m1/s1. The second-order valence-electron chi connectivity index (χ2n) is 10.1. The molecule has 3 aliphatic heterocycles. The summed E-state index contributed by atoms with van der Waals surface area (Å²) in [6, 6.07) is 16.8. The number of halogens is 1. The van der Waals surface area contributed by atoms with E-state index in [0.717, 1.165) is 88.3 Å². The maximum absolute atomic E-state index is 14.0. The van der Waals surface area contributed by atoms with Gasteiger partial charge in [0.2, 0.25) is 5.91 Å². The maximum atomic E-state index is 14.0. The number of aryl methyl sites for hydroxylation is 1. The molecule has 0 bridgehead atoms. The number of fused-ring (bicyclic) bond motifs is 2. The second kappa shape index (κ2) is 10.1. The van der Waals surface area contributed by atoms with Crippen LogP contribution < -0.4 is 4.74 Å². The minimum absolute atomic E-state index is 0.203. The van der Waals surface area contributed by atoms with Gasteiger partial charge in [-0.3, -0.25) is 9.69 Å². The number of amides is 1. The van der Waals surface area contributed by atoms with Crippen molar-refractivity contribution in [2.45, 2.75) is 64.0 Å². The topological polar surface area (TPSA) is 32.8 Å². The molecule has 1 spiro atoms. The molecule has 5 rings (SSSR count). The second-order valence-corrected chi connectivity index (χ2v) is 10.5. The minimum atomic E-state index is -0.211. The van der Waals surface area contributed by atoms with E-state index < -0.39 is 0 Å². The van der Waals surface area contributed by atoms with Gasteiger partial charge in [-0.05, 0) is 87.4 Å². The van der Waals surface area contributed by atoms with Crippen molar-refractivity contribution in [3.8, 4) is 5.75 Å². The molecule has 1 atom stereocenters. The van der Waals surface area contributed by atoms with Crippen LogP contribution in [0.3, 0.4) is 0 Å². The molecule has 2 aromatic rings. The van der Waals surface area contributed by atoms with E-state index in [1.54, 1.807) is 0 Å². The molecule has 33 heavy (non-hydrogen) atoms. The first kappa shape index (κ1) is 22.7. The normalized spacial score (nSPS) is 23.8. The summed E-state index contributed by atoms with van der Waals surface area (Å²) < 4.78 is 6.28. The largest absolute Gasteiger partial charge is 0.491 e. The lowest BCUT2D eigenvalue weighted by Crippen LogP contribution is -2.52. The summed E-state index contributed by atoms with van der Waals surface area (Å²) in [6.45, 7) is 4.38. The minimum Gasteiger partial charge on any atom is -0.491 e. The van der Waals surface area contributed by atoms with Crippen LogP contribution in [-0.4, -0.2) is 48.0 Å². The van der Waals surface area contributed by atoms with Crippen LogP contribution in [0.5, 0.6) is 5.75 Å². The molecular weight excluding hydrogens is 432 g/mol. The van der Waals surface area contributed by atoms with E-state index in [2.05, 4.69) is 46.2 Å². The number of hydrogen-bond acceptors (Lipinski definition) is 3. The van der Waals surface area contributed by atoms with E-state index >= 15 is 0 Å². The molecule has 0 aromatic heterocycles. The number of hydrogen-bond donors (Lipinski definition) is 0. The van der Waals surface area contributed by atoms with Gasteiger partial charge in [0.05, 0.1) is 11.5 Å². The molecule has 0 radical (unpaired) electrons. The number of nitrogens with zero attached hydrogens (tertiary/aromatic N) is 2. The quantitative estimate of drug-likeness (QED) is 0.567. The van der Waals surface area contributed by atoms with Crippen LogP contribution in [0.25, 0.3) is 0 Å². The van der Waals surface area contributed by atoms with Gasteiger partial charge in [-0.2, -0.15) is 0 Å². The summed E-state index contributed by atoms with van der Waals surface area (Å²) in [4.78, 5) is 18.7. The maximum Gasteiger partial charge on any atom is 0.229 e. The van der Waals surface area contributed by atoms with Crippen molar-refractivity contribution in [3.63, 3.8) is 0 Å². The van der Waals surface area contributed by atoms with Gasteiger partial charge >= 0.3 is 0 Å². The predicted molar refractivity (Wildman–Crippen MR) is 133 cm³/mol. The first-order valence-electron chi connectivity index (χ1n) is 12.6. The monoisotopic (exact) mass is 466 g/mol. The number of piperidine rings is 1. The van der Waals surface area contributed by atoms with Crippen molar-refractivity contribution in [2.24, 2.45) is 5.41 Å². The van der Waals surface area contributed by atoms with Crippen LogP contribution in [-0.2, 0) is 17.8 Å². The molecule has 3 heterocycles. The number of rotatable bonds is 2. The first-order chi connectivity index (χ1) is 16.1. The molecule has 2 fully saturated rings. The van der Waals surface area contributed by atoms with E-state index in [0.29, 0.717) is 12.5 Å². The Morgan fingerprint density at radius 1 is 0.939 bits per heavy atom. The molecule has 3 aliphatic rings. The molecule has 5 heteroatoms. The summed E-state index contributed by atoms with van der Waals surface area (Å²) >= 11 is 6.05. The molecule has 0 aliphatic carbocycles. The third-order valence-electron chi connectivity index (χ3n) is 7.98. The third kappa shape index (κ3) is 5.07. The lowest BCUT2D eigenvalue weighted by molar-refractivity contribution is -0.147. The highest BCUT2D eigenvalue weighted by Gasteiger charge is 2.45. The van der Waals surface area contributed by atoms with Crippen LogP contribution in [0.15, 0.2) is 48.5 Å². The van der Waals surface area contributed by atoms with Gasteiger partial charge in [0.1, 0.15) is 12.4 Å². The van der Waals surface area contributed by atoms with Crippen LogP contribution in [0.4, 0.5) is 0 Å². The average Bonchev–Trinajstić information content (AvgIpc) is 3.31. The van der Waals surface area contributed by atoms with Crippen molar-refractivity contribution < 1.29 is 9.53 Å². The van der Waals surface area contributed by atoms with Gasteiger partial charge in [-0.1, -0.05) is 48.4 Å². The Hall–Kier alpha value is -2.04. The average molecular weight is 467 g/mol. The zero-order chi connectivity index (χ0) is 22.7. The number of carbonyl (C=O) groups excluding carboxylic acids is 1.